The maximum Gasteiger partial charge on any atom is 0.252 e. The molecule has 0 radical (unpaired) electrons. The molecule has 4 rings (SSSR count). The van der Waals surface area contributed by atoms with E-state index in [0.29, 0.717) is 40.5 Å². The van der Waals surface area contributed by atoms with E-state index >= 15 is 0 Å². The number of nitriles is 1. The highest BCUT2D eigenvalue weighted by molar-refractivity contribution is 7.99. The van der Waals surface area contributed by atoms with Crippen LogP contribution in [0.3, 0.4) is 0 Å². The third-order valence-corrected chi connectivity index (χ3v) is 6.68. The molecule has 168 valence electrons. The molecule has 2 amide bonds. The number of carbonyl (C=O) groups is 2. The zero-order valence-corrected chi connectivity index (χ0v) is 19.0. The molecule has 32 heavy (non-hydrogen) atoms. The minimum Gasteiger partial charge on any atom is -0.490 e. The third-order valence-electron chi connectivity index (χ3n) is 5.66. The Kier molecular flexibility index (Phi) is 6.53. The molecule has 0 aliphatic carbocycles. The average molecular weight is 455 g/mol. The van der Waals surface area contributed by atoms with Crippen molar-refractivity contribution in [1.82, 2.24) is 15.2 Å². The Labute approximate surface area is 191 Å². The molecule has 3 heterocycles. The van der Waals surface area contributed by atoms with Crippen molar-refractivity contribution in [2.45, 2.75) is 44.4 Å². The van der Waals surface area contributed by atoms with Crippen LogP contribution in [0, 0.1) is 11.3 Å². The second kappa shape index (κ2) is 9.35. The molecule has 1 aromatic carbocycles. The normalized spacial score (nSPS) is 22.3. The first-order chi connectivity index (χ1) is 15.4. The quantitative estimate of drug-likeness (QED) is 0.741. The lowest BCUT2D eigenvalue weighted by Gasteiger charge is -2.35. The van der Waals surface area contributed by atoms with E-state index in [1.54, 1.807) is 12.3 Å². The number of hydrogen-bond donors (Lipinski definition) is 1. The number of aromatic nitrogens is 1. The van der Waals surface area contributed by atoms with Crippen molar-refractivity contribution in [1.29, 1.82) is 5.26 Å². The van der Waals surface area contributed by atoms with Crippen molar-refractivity contribution < 1.29 is 19.1 Å². The van der Waals surface area contributed by atoms with Crippen LogP contribution in [0.2, 0.25) is 0 Å². The van der Waals surface area contributed by atoms with Gasteiger partial charge in [-0.25, -0.2) is 0 Å². The largest absolute Gasteiger partial charge is 0.490 e. The number of pyridine rings is 1. The van der Waals surface area contributed by atoms with Gasteiger partial charge in [-0.1, -0.05) is 0 Å². The number of ether oxygens (including phenoxy) is 2. The van der Waals surface area contributed by atoms with Crippen molar-refractivity contribution in [2.75, 3.05) is 24.8 Å². The number of hydrogen-bond acceptors (Lipinski definition) is 7. The second-order valence-corrected chi connectivity index (χ2v) is 9.57. The fourth-order valence-corrected chi connectivity index (χ4v) is 5.12. The summed E-state index contributed by atoms with van der Waals surface area (Å²) in [6.45, 7) is 4.60. The summed E-state index contributed by atoms with van der Waals surface area (Å²) in [7, 11) is 0. The Bertz CT molecular complexity index is 1070. The van der Waals surface area contributed by atoms with Gasteiger partial charge in [0.05, 0.1) is 41.8 Å². The fraction of sp³-hybridized carbons (Fsp3) is 0.478. The lowest BCUT2D eigenvalue weighted by molar-refractivity contribution is -0.129. The van der Waals surface area contributed by atoms with Crippen molar-refractivity contribution >= 4 is 34.5 Å². The average Bonchev–Trinajstić information content (AvgIpc) is 3.25. The Morgan fingerprint density at radius 2 is 2.25 bits per heavy atom. The third kappa shape index (κ3) is 4.97. The number of nitrogens with one attached hydrogen (secondary N) is 1. The van der Waals surface area contributed by atoms with Crippen LogP contribution in [0.4, 0.5) is 0 Å². The summed E-state index contributed by atoms with van der Waals surface area (Å²) in [4.78, 5) is 31.2. The summed E-state index contributed by atoms with van der Waals surface area (Å²) in [6.07, 6.45) is 3.20. The van der Waals surface area contributed by atoms with E-state index in [0.717, 1.165) is 12.8 Å². The molecule has 2 aromatic rings. The summed E-state index contributed by atoms with van der Waals surface area (Å²) in [6, 6.07) is 8.82. The molecule has 0 spiro atoms. The van der Waals surface area contributed by atoms with Gasteiger partial charge >= 0.3 is 0 Å². The Hall–Kier alpha value is -2.83. The minimum atomic E-state index is -0.443. The van der Waals surface area contributed by atoms with Gasteiger partial charge in [0.1, 0.15) is 17.9 Å². The van der Waals surface area contributed by atoms with Crippen molar-refractivity contribution in [3.63, 3.8) is 0 Å². The van der Waals surface area contributed by atoms with Crippen molar-refractivity contribution in [3.05, 3.63) is 36.0 Å². The van der Waals surface area contributed by atoms with E-state index in [-0.39, 0.29) is 30.1 Å². The molecular formula is C23H26N4O4S. The van der Waals surface area contributed by atoms with E-state index in [4.69, 9.17) is 14.7 Å². The molecule has 2 aliphatic heterocycles. The van der Waals surface area contributed by atoms with E-state index in [1.807, 2.05) is 18.2 Å². The summed E-state index contributed by atoms with van der Waals surface area (Å²) in [5.74, 6) is 1.10. The number of fused-ring (bicyclic) bond motifs is 1. The van der Waals surface area contributed by atoms with Gasteiger partial charge in [-0.2, -0.15) is 5.26 Å². The zero-order chi connectivity index (χ0) is 22.7. The first kappa shape index (κ1) is 22.4. The predicted molar refractivity (Wildman–Crippen MR) is 121 cm³/mol. The molecule has 9 heteroatoms. The molecule has 0 saturated carbocycles. The van der Waals surface area contributed by atoms with Crippen LogP contribution >= 0.6 is 11.8 Å². The van der Waals surface area contributed by atoms with Crippen LogP contribution in [0.25, 0.3) is 10.9 Å². The van der Waals surface area contributed by atoms with Crippen LogP contribution in [-0.4, -0.2) is 64.2 Å². The topological polar surface area (TPSA) is 105 Å². The van der Waals surface area contributed by atoms with Crippen LogP contribution < -0.4 is 10.1 Å². The molecule has 1 aromatic heterocycles. The molecule has 2 fully saturated rings. The van der Waals surface area contributed by atoms with Crippen LogP contribution in [0.15, 0.2) is 30.5 Å². The molecule has 0 bridgehead atoms. The maximum atomic E-state index is 12.9. The highest BCUT2D eigenvalue weighted by atomic mass is 32.2. The van der Waals surface area contributed by atoms with E-state index in [2.05, 4.69) is 30.2 Å². The Morgan fingerprint density at radius 3 is 3.03 bits per heavy atom. The SMILES string of the molecule is CC1(C)C[C@H](Oc2ccc3nccc(C(=O)NCC(=O)N4CSC[C@H]4C#N)c3c2)CCO1. The van der Waals surface area contributed by atoms with Crippen molar-refractivity contribution in [2.24, 2.45) is 0 Å². The predicted octanol–water partition coefficient (Wildman–Crippen LogP) is 2.73. The summed E-state index contributed by atoms with van der Waals surface area (Å²) < 4.78 is 11.9. The number of amides is 2. The van der Waals surface area contributed by atoms with Gasteiger partial charge in [-0.05, 0) is 38.1 Å². The highest BCUT2D eigenvalue weighted by Gasteiger charge is 2.31. The van der Waals surface area contributed by atoms with Gasteiger partial charge < -0.3 is 19.7 Å². The second-order valence-electron chi connectivity index (χ2n) is 8.57. The van der Waals surface area contributed by atoms with Gasteiger partial charge in [0.15, 0.2) is 0 Å². The fourth-order valence-electron chi connectivity index (χ4n) is 4.01. The molecule has 2 aliphatic rings. The lowest BCUT2D eigenvalue weighted by Crippen LogP contribution is -2.42. The van der Waals surface area contributed by atoms with Crippen LogP contribution in [0.5, 0.6) is 5.75 Å². The number of benzene rings is 1. The molecule has 2 saturated heterocycles. The van der Waals surface area contributed by atoms with Crippen molar-refractivity contribution in [3.8, 4) is 11.8 Å². The Balaban J connectivity index is 1.47. The lowest BCUT2D eigenvalue weighted by atomic mass is 9.96. The van der Waals surface area contributed by atoms with Gasteiger partial charge in [0.2, 0.25) is 5.91 Å². The van der Waals surface area contributed by atoms with Gasteiger partial charge in [0, 0.05) is 30.2 Å². The van der Waals surface area contributed by atoms with Crippen LogP contribution in [0.1, 0.15) is 37.0 Å². The molecule has 0 unspecified atom stereocenters. The standard InChI is InChI=1S/C23H26N4O4S/c1-23(2)10-17(6-8-30-23)31-16-3-4-20-19(9-16)18(5-7-25-20)22(29)26-12-21(28)27-14-32-13-15(27)11-24/h3-5,7,9,15,17H,6,8,10,12-14H2,1-2H3,(H,26,29)/t15-,17-/m1/s1. The number of carbonyl (C=O) groups excluding carboxylic acids is 2. The van der Waals surface area contributed by atoms with Gasteiger partial charge in [-0.15, -0.1) is 11.8 Å². The smallest absolute Gasteiger partial charge is 0.252 e. The molecular weight excluding hydrogens is 428 g/mol. The molecule has 2 atom stereocenters. The first-order valence-electron chi connectivity index (χ1n) is 10.6. The maximum absolute atomic E-state index is 12.9. The van der Waals surface area contributed by atoms with E-state index in [1.165, 1.54) is 16.7 Å². The molecule has 8 nitrogen and oxygen atoms in total. The van der Waals surface area contributed by atoms with Gasteiger partial charge in [-0.3, -0.25) is 14.6 Å². The zero-order valence-electron chi connectivity index (χ0n) is 18.2. The van der Waals surface area contributed by atoms with Crippen LogP contribution in [-0.2, 0) is 9.53 Å². The van der Waals surface area contributed by atoms with E-state index < -0.39 is 6.04 Å². The monoisotopic (exact) mass is 454 g/mol. The van der Waals surface area contributed by atoms with Gasteiger partial charge in [0.25, 0.3) is 5.91 Å². The molecule has 1 N–H and O–H groups in total. The minimum absolute atomic E-state index is 0.0363. The number of rotatable bonds is 5. The highest BCUT2D eigenvalue weighted by Crippen LogP contribution is 2.29. The summed E-state index contributed by atoms with van der Waals surface area (Å²) in [5.41, 5.74) is 0.870. The number of nitrogens with zero attached hydrogens (tertiary/aromatic N) is 3. The summed E-state index contributed by atoms with van der Waals surface area (Å²) >= 11 is 1.53. The Morgan fingerprint density at radius 1 is 1.41 bits per heavy atom. The summed E-state index contributed by atoms with van der Waals surface area (Å²) in [5, 5.41) is 12.5. The first-order valence-corrected chi connectivity index (χ1v) is 11.8. The van der Waals surface area contributed by atoms with E-state index in [9.17, 15) is 9.59 Å². The number of thioether (sulfide) groups is 1.